The molecule has 0 radical (unpaired) electrons. The van der Waals surface area contributed by atoms with Crippen LogP contribution in [0, 0.1) is 11.3 Å². The summed E-state index contributed by atoms with van der Waals surface area (Å²) >= 11 is 3.33. The summed E-state index contributed by atoms with van der Waals surface area (Å²) in [5, 5.41) is 8.93. The van der Waals surface area contributed by atoms with E-state index in [4.69, 9.17) is 15.7 Å². The fourth-order valence-corrected chi connectivity index (χ4v) is 1.62. The minimum Gasteiger partial charge on any atom is -0.453 e. The summed E-state index contributed by atoms with van der Waals surface area (Å²) in [6, 6.07) is 8.92. The van der Waals surface area contributed by atoms with Crippen LogP contribution in [-0.2, 0) is 0 Å². The molecule has 1 heterocycles. The zero-order valence-electron chi connectivity index (χ0n) is 8.72. The van der Waals surface area contributed by atoms with Crippen molar-refractivity contribution in [3.63, 3.8) is 0 Å². The molecule has 1 aromatic heterocycles. The number of halogens is 1. The van der Waals surface area contributed by atoms with E-state index in [0.29, 0.717) is 27.2 Å². The van der Waals surface area contributed by atoms with E-state index in [2.05, 4.69) is 20.9 Å². The maximum atomic E-state index is 8.93. The first-order valence-electron chi connectivity index (χ1n) is 4.78. The van der Waals surface area contributed by atoms with Crippen LogP contribution in [0.2, 0.25) is 0 Å². The van der Waals surface area contributed by atoms with Crippen LogP contribution in [0.4, 0.5) is 5.69 Å². The normalized spacial score (nSPS) is 9.65. The van der Waals surface area contributed by atoms with Gasteiger partial charge in [0.1, 0.15) is 11.8 Å². The van der Waals surface area contributed by atoms with Crippen LogP contribution in [0.15, 0.2) is 41.1 Å². The number of anilines is 1. The lowest BCUT2D eigenvalue weighted by molar-refractivity contribution is 0.476. The molecule has 0 aliphatic heterocycles. The predicted octanol–water partition coefficient (Wildman–Crippen LogP) is 3.09. The van der Waals surface area contributed by atoms with Gasteiger partial charge >= 0.3 is 0 Å². The summed E-state index contributed by atoms with van der Waals surface area (Å²) in [5.74, 6) is 0.954. The summed E-state index contributed by atoms with van der Waals surface area (Å²) in [4.78, 5) is 3.92. The Morgan fingerprint density at radius 2 is 2.12 bits per heavy atom. The van der Waals surface area contributed by atoms with Gasteiger partial charge in [0.15, 0.2) is 5.75 Å². The third-order valence-corrected chi connectivity index (χ3v) is 2.97. The molecule has 4 nitrogen and oxygen atoms in total. The molecular formula is C12H8BrN3O. The SMILES string of the molecule is N#Cc1ccncc1Oc1cccc(N)c1Br. The second-order valence-corrected chi connectivity index (χ2v) is 4.04. The molecule has 17 heavy (non-hydrogen) atoms. The van der Waals surface area contributed by atoms with Crippen molar-refractivity contribution >= 4 is 21.6 Å². The average Bonchev–Trinajstić information content (AvgIpc) is 2.35. The number of hydrogen-bond acceptors (Lipinski definition) is 4. The molecule has 0 fully saturated rings. The first kappa shape index (κ1) is 11.4. The van der Waals surface area contributed by atoms with E-state index >= 15 is 0 Å². The topological polar surface area (TPSA) is 71.9 Å². The molecule has 84 valence electrons. The Labute approximate surface area is 107 Å². The van der Waals surface area contributed by atoms with Crippen LogP contribution < -0.4 is 10.5 Å². The third-order valence-electron chi connectivity index (χ3n) is 2.12. The molecule has 0 atom stereocenters. The van der Waals surface area contributed by atoms with Gasteiger partial charge in [-0.25, -0.2) is 0 Å². The van der Waals surface area contributed by atoms with Crippen molar-refractivity contribution in [3.8, 4) is 17.6 Å². The third kappa shape index (κ3) is 2.37. The van der Waals surface area contributed by atoms with E-state index in [-0.39, 0.29) is 0 Å². The van der Waals surface area contributed by atoms with Crippen molar-refractivity contribution in [1.29, 1.82) is 5.26 Å². The van der Waals surface area contributed by atoms with Gasteiger partial charge in [-0.1, -0.05) is 6.07 Å². The number of aromatic nitrogens is 1. The van der Waals surface area contributed by atoms with Crippen molar-refractivity contribution in [3.05, 3.63) is 46.7 Å². The largest absolute Gasteiger partial charge is 0.453 e. The highest BCUT2D eigenvalue weighted by Crippen LogP contribution is 2.34. The quantitative estimate of drug-likeness (QED) is 0.863. The fourth-order valence-electron chi connectivity index (χ4n) is 1.28. The second-order valence-electron chi connectivity index (χ2n) is 3.25. The Hall–Kier alpha value is -2.06. The van der Waals surface area contributed by atoms with E-state index in [1.807, 2.05) is 6.07 Å². The lowest BCUT2D eigenvalue weighted by Crippen LogP contribution is -1.93. The van der Waals surface area contributed by atoms with Crippen LogP contribution >= 0.6 is 15.9 Å². The Bertz CT molecular complexity index is 593. The number of nitrogen functional groups attached to an aromatic ring is 1. The van der Waals surface area contributed by atoms with Crippen LogP contribution in [0.1, 0.15) is 5.56 Å². The number of nitrogens with two attached hydrogens (primary N) is 1. The van der Waals surface area contributed by atoms with Gasteiger partial charge in [-0.2, -0.15) is 5.26 Å². The lowest BCUT2D eigenvalue weighted by Gasteiger charge is -2.09. The Morgan fingerprint density at radius 3 is 2.88 bits per heavy atom. The molecule has 0 amide bonds. The molecule has 0 saturated carbocycles. The lowest BCUT2D eigenvalue weighted by atomic mass is 10.2. The molecule has 2 N–H and O–H groups in total. The van der Waals surface area contributed by atoms with Crippen LogP contribution in [-0.4, -0.2) is 4.98 Å². The van der Waals surface area contributed by atoms with E-state index in [9.17, 15) is 0 Å². The molecular weight excluding hydrogens is 282 g/mol. The minimum absolute atomic E-state index is 0.404. The van der Waals surface area contributed by atoms with Gasteiger partial charge in [-0.3, -0.25) is 4.98 Å². The van der Waals surface area contributed by atoms with Gasteiger partial charge in [-0.05, 0) is 34.1 Å². The first-order chi connectivity index (χ1) is 8.22. The summed E-state index contributed by atoms with van der Waals surface area (Å²) < 4.78 is 6.26. The molecule has 0 saturated heterocycles. The van der Waals surface area contributed by atoms with Crippen molar-refractivity contribution < 1.29 is 4.74 Å². The monoisotopic (exact) mass is 289 g/mol. The zero-order chi connectivity index (χ0) is 12.3. The van der Waals surface area contributed by atoms with Crippen LogP contribution in [0.5, 0.6) is 11.5 Å². The number of nitriles is 1. The summed E-state index contributed by atoms with van der Waals surface area (Å²) in [6.07, 6.45) is 3.04. The van der Waals surface area contributed by atoms with Gasteiger partial charge in [-0.15, -0.1) is 0 Å². The van der Waals surface area contributed by atoms with Crippen molar-refractivity contribution in [1.82, 2.24) is 4.98 Å². The van der Waals surface area contributed by atoms with E-state index < -0.39 is 0 Å². The highest BCUT2D eigenvalue weighted by molar-refractivity contribution is 9.10. The molecule has 2 aromatic rings. The van der Waals surface area contributed by atoms with Gasteiger partial charge in [0.25, 0.3) is 0 Å². The van der Waals surface area contributed by atoms with Crippen molar-refractivity contribution in [2.75, 3.05) is 5.73 Å². The molecule has 1 aromatic carbocycles. The predicted molar refractivity (Wildman–Crippen MR) is 67.6 cm³/mol. The van der Waals surface area contributed by atoms with E-state index in [1.54, 1.807) is 30.5 Å². The molecule has 2 rings (SSSR count). The Kier molecular flexibility index (Phi) is 3.26. The molecule has 0 aliphatic rings. The number of hydrogen-bond donors (Lipinski definition) is 1. The van der Waals surface area contributed by atoms with Crippen molar-refractivity contribution in [2.24, 2.45) is 0 Å². The second kappa shape index (κ2) is 4.85. The number of nitrogens with zero attached hydrogens (tertiary/aromatic N) is 2. The highest BCUT2D eigenvalue weighted by Gasteiger charge is 2.08. The van der Waals surface area contributed by atoms with Crippen molar-refractivity contribution in [2.45, 2.75) is 0 Å². The van der Waals surface area contributed by atoms with E-state index in [0.717, 1.165) is 0 Å². The number of rotatable bonds is 2. The summed E-state index contributed by atoms with van der Waals surface area (Å²) in [6.45, 7) is 0. The number of benzene rings is 1. The van der Waals surface area contributed by atoms with Gasteiger partial charge in [0, 0.05) is 11.9 Å². The Morgan fingerprint density at radius 1 is 1.29 bits per heavy atom. The average molecular weight is 290 g/mol. The number of pyridine rings is 1. The highest BCUT2D eigenvalue weighted by atomic mass is 79.9. The molecule has 0 spiro atoms. The van der Waals surface area contributed by atoms with Crippen LogP contribution in [0.25, 0.3) is 0 Å². The molecule has 0 bridgehead atoms. The Balaban J connectivity index is 2.39. The maximum Gasteiger partial charge on any atom is 0.163 e. The van der Waals surface area contributed by atoms with Gasteiger partial charge in [0.2, 0.25) is 0 Å². The van der Waals surface area contributed by atoms with E-state index in [1.165, 1.54) is 6.20 Å². The first-order valence-corrected chi connectivity index (χ1v) is 5.57. The summed E-state index contributed by atoms with van der Waals surface area (Å²) in [5.41, 5.74) is 6.74. The zero-order valence-corrected chi connectivity index (χ0v) is 10.3. The minimum atomic E-state index is 0.404. The smallest absolute Gasteiger partial charge is 0.163 e. The van der Waals surface area contributed by atoms with Crippen LogP contribution in [0.3, 0.4) is 0 Å². The maximum absolute atomic E-state index is 8.93. The van der Waals surface area contributed by atoms with Gasteiger partial charge in [0.05, 0.1) is 16.2 Å². The number of ether oxygens (including phenoxy) is 1. The molecule has 0 aliphatic carbocycles. The summed E-state index contributed by atoms with van der Waals surface area (Å²) in [7, 11) is 0. The molecule has 0 unspecified atom stereocenters. The molecule has 5 heteroatoms. The van der Waals surface area contributed by atoms with Gasteiger partial charge < -0.3 is 10.5 Å². The standard InChI is InChI=1S/C12H8BrN3O/c13-12-9(15)2-1-3-10(12)17-11-7-16-5-4-8(11)6-14/h1-5,7H,15H2. The fraction of sp³-hybridized carbons (Fsp3) is 0.